The van der Waals surface area contributed by atoms with Gasteiger partial charge >= 0.3 is 0 Å². The maximum Gasteiger partial charge on any atom is 0.223 e. The largest absolute Gasteiger partial charge is 0.341 e. The average Bonchev–Trinajstić information content (AvgIpc) is 3.08. The Hall–Kier alpha value is -2.13. The van der Waals surface area contributed by atoms with E-state index in [2.05, 4.69) is 6.07 Å². The smallest absolute Gasteiger partial charge is 0.223 e. The molecule has 0 heterocycles. The summed E-state index contributed by atoms with van der Waals surface area (Å²) in [6, 6.07) is 13.4. The summed E-state index contributed by atoms with van der Waals surface area (Å²) in [4.78, 5) is 26.3. The SMILES string of the molecule is CN(Cc1ccc(Cl)cc1)C(=O)CCC(=O)c1ccc2c(c1)CCC2. The van der Waals surface area contributed by atoms with Crippen molar-refractivity contribution in [3.05, 3.63) is 69.7 Å². The standard InChI is InChI=1S/C21H22ClNO2/c1-23(14-15-5-9-19(22)10-6-15)21(25)12-11-20(24)18-8-7-16-3-2-4-17(16)13-18/h5-10,13H,2-4,11-12,14H2,1H3. The monoisotopic (exact) mass is 355 g/mol. The van der Waals surface area contributed by atoms with Crippen LogP contribution >= 0.6 is 11.6 Å². The van der Waals surface area contributed by atoms with Crippen molar-refractivity contribution in [3.63, 3.8) is 0 Å². The van der Waals surface area contributed by atoms with Gasteiger partial charge in [-0.3, -0.25) is 9.59 Å². The number of hydrogen-bond donors (Lipinski definition) is 0. The number of hydrogen-bond acceptors (Lipinski definition) is 2. The number of aryl methyl sites for hydroxylation is 2. The van der Waals surface area contributed by atoms with Crippen LogP contribution in [0.15, 0.2) is 42.5 Å². The van der Waals surface area contributed by atoms with E-state index in [-0.39, 0.29) is 24.5 Å². The van der Waals surface area contributed by atoms with Crippen molar-refractivity contribution >= 4 is 23.3 Å². The molecule has 1 aliphatic carbocycles. The first-order valence-electron chi connectivity index (χ1n) is 8.66. The molecular formula is C21H22ClNO2. The molecule has 4 heteroatoms. The number of rotatable bonds is 6. The van der Waals surface area contributed by atoms with Gasteiger partial charge in [0, 0.05) is 37.0 Å². The summed E-state index contributed by atoms with van der Waals surface area (Å²) < 4.78 is 0. The third kappa shape index (κ3) is 4.49. The number of halogens is 1. The lowest BCUT2D eigenvalue weighted by molar-refractivity contribution is -0.130. The number of nitrogens with zero attached hydrogens (tertiary/aromatic N) is 1. The minimum absolute atomic E-state index is 0.0236. The topological polar surface area (TPSA) is 37.4 Å². The summed E-state index contributed by atoms with van der Waals surface area (Å²) in [7, 11) is 1.76. The molecule has 1 amide bonds. The van der Waals surface area contributed by atoms with Crippen LogP contribution in [-0.4, -0.2) is 23.6 Å². The molecule has 0 fully saturated rings. The Kier molecular flexibility index (Phi) is 5.54. The highest BCUT2D eigenvalue weighted by Gasteiger charge is 2.16. The minimum Gasteiger partial charge on any atom is -0.341 e. The van der Waals surface area contributed by atoms with E-state index >= 15 is 0 Å². The van der Waals surface area contributed by atoms with Crippen LogP contribution in [0.25, 0.3) is 0 Å². The number of ketones is 1. The molecule has 0 N–H and O–H groups in total. The number of carbonyl (C=O) groups excluding carboxylic acids is 2. The third-order valence-corrected chi connectivity index (χ3v) is 5.00. The molecule has 0 bridgehead atoms. The van der Waals surface area contributed by atoms with Crippen LogP contribution in [0, 0.1) is 0 Å². The summed E-state index contributed by atoms with van der Waals surface area (Å²) in [6.07, 6.45) is 3.82. The highest BCUT2D eigenvalue weighted by molar-refractivity contribution is 6.30. The normalized spacial score (nSPS) is 12.7. The van der Waals surface area contributed by atoms with Gasteiger partial charge in [0.15, 0.2) is 5.78 Å². The van der Waals surface area contributed by atoms with Crippen LogP contribution in [-0.2, 0) is 24.2 Å². The molecule has 3 rings (SSSR count). The molecule has 0 saturated carbocycles. The van der Waals surface area contributed by atoms with Gasteiger partial charge in [-0.25, -0.2) is 0 Å². The van der Waals surface area contributed by atoms with Crippen molar-refractivity contribution in [1.29, 1.82) is 0 Å². The zero-order chi connectivity index (χ0) is 17.8. The molecule has 3 nitrogen and oxygen atoms in total. The molecule has 0 spiro atoms. The van der Waals surface area contributed by atoms with Gasteiger partial charge in [-0.15, -0.1) is 0 Å². The van der Waals surface area contributed by atoms with Crippen LogP contribution in [0.4, 0.5) is 0 Å². The van der Waals surface area contributed by atoms with Crippen LogP contribution < -0.4 is 0 Å². The van der Waals surface area contributed by atoms with Gasteiger partial charge in [-0.2, -0.15) is 0 Å². The second kappa shape index (κ2) is 7.83. The van der Waals surface area contributed by atoms with E-state index in [4.69, 9.17) is 11.6 Å². The van der Waals surface area contributed by atoms with Crippen LogP contribution in [0.2, 0.25) is 5.02 Å². The second-order valence-electron chi connectivity index (χ2n) is 6.64. The van der Waals surface area contributed by atoms with E-state index in [0.29, 0.717) is 11.6 Å². The average molecular weight is 356 g/mol. The highest BCUT2D eigenvalue weighted by atomic mass is 35.5. The highest BCUT2D eigenvalue weighted by Crippen LogP contribution is 2.23. The number of benzene rings is 2. The number of fused-ring (bicyclic) bond motifs is 1. The van der Waals surface area contributed by atoms with Crippen LogP contribution in [0.5, 0.6) is 0 Å². The first kappa shape index (κ1) is 17.7. The molecule has 0 radical (unpaired) electrons. The molecule has 130 valence electrons. The maximum atomic E-state index is 12.4. The Labute approximate surface area is 153 Å². The predicted octanol–water partition coefficient (Wildman–Crippen LogP) is 4.45. The molecule has 0 aromatic heterocycles. The van der Waals surface area contributed by atoms with Crippen molar-refractivity contribution in [1.82, 2.24) is 4.90 Å². The van der Waals surface area contributed by atoms with Crippen molar-refractivity contribution < 1.29 is 9.59 Å². The lowest BCUT2D eigenvalue weighted by Crippen LogP contribution is -2.26. The Morgan fingerprint density at radius 2 is 1.72 bits per heavy atom. The molecule has 0 aliphatic heterocycles. The molecule has 2 aromatic rings. The van der Waals surface area contributed by atoms with E-state index < -0.39 is 0 Å². The third-order valence-electron chi connectivity index (χ3n) is 4.75. The summed E-state index contributed by atoms with van der Waals surface area (Å²) in [5.74, 6) is 0.0207. The minimum atomic E-state index is -0.0236. The zero-order valence-electron chi connectivity index (χ0n) is 14.4. The summed E-state index contributed by atoms with van der Waals surface area (Å²) in [5.41, 5.74) is 4.39. The first-order chi connectivity index (χ1) is 12.0. The number of Topliss-reactive ketones (excluding diaryl/α,β-unsaturated/α-hetero) is 1. The van der Waals surface area contributed by atoms with Gasteiger partial charge in [-0.05, 0) is 54.2 Å². The molecule has 0 unspecified atom stereocenters. The van der Waals surface area contributed by atoms with Crippen LogP contribution in [0.1, 0.15) is 46.3 Å². The molecule has 25 heavy (non-hydrogen) atoms. The summed E-state index contributed by atoms with van der Waals surface area (Å²) >= 11 is 5.87. The summed E-state index contributed by atoms with van der Waals surface area (Å²) in [6.45, 7) is 0.517. The fourth-order valence-corrected chi connectivity index (χ4v) is 3.38. The Morgan fingerprint density at radius 3 is 2.48 bits per heavy atom. The van der Waals surface area contributed by atoms with E-state index in [1.807, 2.05) is 36.4 Å². The van der Waals surface area contributed by atoms with Gasteiger partial charge < -0.3 is 4.90 Å². The van der Waals surface area contributed by atoms with Gasteiger partial charge in [0.05, 0.1) is 0 Å². The lowest BCUT2D eigenvalue weighted by atomic mass is 10.0. The molecular weight excluding hydrogens is 334 g/mol. The van der Waals surface area contributed by atoms with Crippen LogP contribution in [0.3, 0.4) is 0 Å². The number of carbonyl (C=O) groups is 2. The van der Waals surface area contributed by atoms with Crippen molar-refractivity contribution in [3.8, 4) is 0 Å². The number of amides is 1. The Bertz CT molecular complexity index is 783. The molecule has 0 atom stereocenters. The molecule has 2 aromatic carbocycles. The van der Waals surface area contributed by atoms with Gasteiger partial charge in [-0.1, -0.05) is 35.9 Å². The quantitative estimate of drug-likeness (QED) is 0.718. The Morgan fingerprint density at radius 1 is 1.00 bits per heavy atom. The Balaban J connectivity index is 1.52. The predicted molar refractivity (Wildman–Crippen MR) is 100.0 cm³/mol. The van der Waals surface area contributed by atoms with Crippen molar-refractivity contribution in [2.45, 2.75) is 38.6 Å². The van der Waals surface area contributed by atoms with E-state index in [0.717, 1.165) is 24.0 Å². The first-order valence-corrected chi connectivity index (χ1v) is 9.04. The van der Waals surface area contributed by atoms with E-state index in [1.54, 1.807) is 11.9 Å². The lowest BCUT2D eigenvalue weighted by Gasteiger charge is -2.17. The zero-order valence-corrected chi connectivity index (χ0v) is 15.2. The fraction of sp³-hybridized carbons (Fsp3) is 0.333. The van der Waals surface area contributed by atoms with Crippen molar-refractivity contribution in [2.75, 3.05) is 7.05 Å². The van der Waals surface area contributed by atoms with Gasteiger partial charge in [0.2, 0.25) is 5.91 Å². The summed E-state index contributed by atoms with van der Waals surface area (Å²) in [5, 5.41) is 0.678. The van der Waals surface area contributed by atoms with E-state index in [1.165, 1.54) is 17.5 Å². The fourth-order valence-electron chi connectivity index (χ4n) is 3.25. The van der Waals surface area contributed by atoms with Gasteiger partial charge in [0.25, 0.3) is 0 Å². The van der Waals surface area contributed by atoms with Gasteiger partial charge in [0.1, 0.15) is 0 Å². The maximum absolute atomic E-state index is 12.4. The molecule has 1 aliphatic rings. The molecule has 0 saturated heterocycles. The second-order valence-corrected chi connectivity index (χ2v) is 7.07. The van der Waals surface area contributed by atoms with E-state index in [9.17, 15) is 9.59 Å². The van der Waals surface area contributed by atoms with Crippen molar-refractivity contribution in [2.24, 2.45) is 0 Å².